The van der Waals surface area contributed by atoms with Crippen molar-refractivity contribution in [3.8, 4) is 5.88 Å². The van der Waals surface area contributed by atoms with Crippen molar-refractivity contribution in [3.63, 3.8) is 0 Å². The van der Waals surface area contributed by atoms with Crippen molar-refractivity contribution in [1.82, 2.24) is 15.2 Å². The Bertz CT molecular complexity index is 797. The Kier molecular flexibility index (Phi) is 4.92. The number of amides is 2. The molecular formula is C18H18FN3O3. The fraction of sp³-hybridized carbons (Fsp3) is 0.278. The molecule has 0 bridgehead atoms. The molecule has 0 aliphatic carbocycles. The van der Waals surface area contributed by atoms with Crippen molar-refractivity contribution >= 4 is 11.8 Å². The monoisotopic (exact) mass is 343 g/mol. The minimum atomic E-state index is -0.979. The summed E-state index contributed by atoms with van der Waals surface area (Å²) in [6.07, 6.45) is 0.00936. The molecule has 6 nitrogen and oxygen atoms in total. The molecule has 1 atom stereocenters. The molecule has 1 aliphatic rings. The number of nitrogens with zero attached hydrogens (tertiary/aromatic N) is 2. The van der Waals surface area contributed by atoms with Gasteiger partial charge in [0.2, 0.25) is 17.7 Å². The number of carbonyl (C=O) groups is 2. The Morgan fingerprint density at radius 1 is 1.32 bits per heavy atom. The summed E-state index contributed by atoms with van der Waals surface area (Å²) < 4.78 is 19.2. The lowest BCUT2D eigenvalue weighted by Gasteiger charge is -2.35. The van der Waals surface area contributed by atoms with Crippen molar-refractivity contribution in [3.05, 3.63) is 59.5 Å². The standard InChI is InChI=1S/C18H18FN3O3/c1-25-15-8-4-5-12(21-15)11-16(23)22-10-9-20-18(24)17(22)13-6-2-3-7-14(13)19/h2-8,17H,9-11H2,1H3,(H,20,24). The Labute approximate surface area is 144 Å². The Balaban J connectivity index is 1.86. The molecule has 1 N–H and O–H groups in total. The first-order chi connectivity index (χ1) is 12.1. The molecule has 2 aromatic rings. The normalized spacial score (nSPS) is 17.1. The fourth-order valence-electron chi connectivity index (χ4n) is 2.87. The van der Waals surface area contributed by atoms with Gasteiger partial charge in [0.05, 0.1) is 19.2 Å². The third kappa shape index (κ3) is 3.60. The van der Waals surface area contributed by atoms with Crippen LogP contribution < -0.4 is 10.1 Å². The summed E-state index contributed by atoms with van der Waals surface area (Å²) in [5.74, 6) is -0.777. The van der Waals surface area contributed by atoms with Crippen molar-refractivity contribution in [2.45, 2.75) is 12.5 Å². The van der Waals surface area contributed by atoms with Gasteiger partial charge in [0, 0.05) is 24.7 Å². The summed E-state index contributed by atoms with van der Waals surface area (Å²) in [6, 6.07) is 10.2. The van der Waals surface area contributed by atoms with Crippen LogP contribution in [0.4, 0.5) is 4.39 Å². The Morgan fingerprint density at radius 3 is 2.88 bits per heavy atom. The van der Waals surface area contributed by atoms with Crippen LogP contribution in [0.2, 0.25) is 0 Å². The molecule has 1 aliphatic heterocycles. The highest BCUT2D eigenvalue weighted by Gasteiger charge is 2.35. The van der Waals surface area contributed by atoms with Crippen LogP contribution in [0.5, 0.6) is 5.88 Å². The van der Waals surface area contributed by atoms with Gasteiger partial charge in [-0.05, 0) is 12.1 Å². The first-order valence-corrected chi connectivity index (χ1v) is 7.91. The second kappa shape index (κ2) is 7.29. The van der Waals surface area contributed by atoms with E-state index in [4.69, 9.17) is 4.74 Å². The van der Waals surface area contributed by atoms with Crippen molar-refractivity contribution in [2.75, 3.05) is 20.2 Å². The Hall–Kier alpha value is -2.96. The number of carbonyl (C=O) groups excluding carboxylic acids is 2. The molecule has 1 saturated heterocycles. The van der Waals surface area contributed by atoms with Crippen molar-refractivity contribution < 1.29 is 18.7 Å². The van der Waals surface area contributed by atoms with Crippen LogP contribution in [-0.2, 0) is 16.0 Å². The SMILES string of the molecule is COc1cccc(CC(=O)N2CCNC(=O)C2c2ccccc2F)n1. The lowest BCUT2D eigenvalue weighted by molar-refractivity contribution is -0.143. The second-order valence-corrected chi connectivity index (χ2v) is 5.65. The highest BCUT2D eigenvalue weighted by molar-refractivity contribution is 5.90. The maximum atomic E-state index is 14.2. The fourth-order valence-corrected chi connectivity index (χ4v) is 2.87. The highest BCUT2D eigenvalue weighted by atomic mass is 19.1. The van der Waals surface area contributed by atoms with E-state index in [2.05, 4.69) is 10.3 Å². The van der Waals surface area contributed by atoms with Gasteiger partial charge in [0.1, 0.15) is 11.9 Å². The molecule has 25 heavy (non-hydrogen) atoms. The van der Waals surface area contributed by atoms with Gasteiger partial charge in [-0.2, -0.15) is 0 Å². The molecule has 2 heterocycles. The molecule has 1 aromatic heterocycles. The van der Waals surface area contributed by atoms with Gasteiger partial charge in [0.15, 0.2) is 0 Å². The average molecular weight is 343 g/mol. The van der Waals surface area contributed by atoms with Gasteiger partial charge >= 0.3 is 0 Å². The summed E-state index contributed by atoms with van der Waals surface area (Å²) in [4.78, 5) is 30.7. The predicted octanol–water partition coefficient (Wildman–Crippen LogP) is 1.47. The van der Waals surface area contributed by atoms with E-state index in [1.165, 1.54) is 24.1 Å². The zero-order valence-electron chi connectivity index (χ0n) is 13.7. The average Bonchev–Trinajstić information content (AvgIpc) is 2.62. The molecule has 130 valence electrons. The van der Waals surface area contributed by atoms with E-state index in [9.17, 15) is 14.0 Å². The molecule has 0 spiro atoms. The molecule has 3 rings (SSSR count). The van der Waals surface area contributed by atoms with Crippen molar-refractivity contribution in [2.24, 2.45) is 0 Å². The first-order valence-electron chi connectivity index (χ1n) is 7.91. The van der Waals surface area contributed by atoms with Gasteiger partial charge in [-0.15, -0.1) is 0 Å². The van der Waals surface area contributed by atoms with E-state index >= 15 is 0 Å². The third-order valence-electron chi connectivity index (χ3n) is 4.05. The number of halogens is 1. The number of methoxy groups -OCH3 is 1. The smallest absolute Gasteiger partial charge is 0.247 e. The van der Waals surface area contributed by atoms with E-state index in [0.717, 1.165) is 0 Å². The zero-order valence-corrected chi connectivity index (χ0v) is 13.7. The van der Waals surface area contributed by atoms with Gasteiger partial charge < -0.3 is 15.0 Å². The molecule has 7 heteroatoms. The van der Waals surface area contributed by atoms with Crippen LogP contribution in [0, 0.1) is 5.82 Å². The van der Waals surface area contributed by atoms with Gasteiger partial charge in [0.25, 0.3) is 0 Å². The number of benzene rings is 1. The van der Waals surface area contributed by atoms with Crippen molar-refractivity contribution in [1.29, 1.82) is 0 Å². The number of aromatic nitrogens is 1. The van der Waals surface area contributed by atoms with Crippen LogP contribution in [0.15, 0.2) is 42.5 Å². The summed E-state index contributed by atoms with van der Waals surface area (Å²) >= 11 is 0. The maximum absolute atomic E-state index is 14.2. The predicted molar refractivity (Wildman–Crippen MR) is 88.4 cm³/mol. The lowest BCUT2D eigenvalue weighted by Crippen LogP contribution is -2.52. The first kappa shape index (κ1) is 16.9. The maximum Gasteiger partial charge on any atom is 0.247 e. The molecule has 1 fully saturated rings. The minimum absolute atomic E-state index is 0.00936. The number of ether oxygens (including phenoxy) is 1. The van der Waals surface area contributed by atoms with E-state index in [1.54, 1.807) is 30.3 Å². The Morgan fingerprint density at radius 2 is 2.12 bits per heavy atom. The second-order valence-electron chi connectivity index (χ2n) is 5.65. The number of rotatable bonds is 4. The molecule has 1 unspecified atom stereocenters. The van der Waals surface area contributed by atoms with Crippen LogP contribution in [0.1, 0.15) is 17.3 Å². The van der Waals surface area contributed by atoms with Crippen LogP contribution in [-0.4, -0.2) is 41.9 Å². The lowest BCUT2D eigenvalue weighted by atomic mass is 10.0. The molecule has 0 radical (unpaired) electrons. The van der Waals surface area contributed by atoms with Crippen LogP contribution in [0.25, 0.3) is 0 Å². The number of pyridine rings is 1. The van der Waals surface area contributed by atoms with Gasteiger partial charge in [-0.3, -0.25) is 9.59 Å². The largest absolute Gasteiger partial charge is 0.481 e. The molecular weight excluding hydrogens is 325 g/mol. The zero-order chi connectivity index (χ0) is 17.8. The highest BCUT2D eigenvalue weighted by Crippen LogP contribution is 2.26. The number of nitrogens with one attached hydrogen (secondary N) is 1. The van der Waals surface area contributed by atoms with Gasteiger partial charge in [-0.25, -0.2) is 9.37 Å². The quantitative estimate of drug-likeness (QED) is 0.913. The molecule has 2 amide bonds. The summed E-state index contributed by atoms with van der Waals surface area (Å²) in [6.45, 7) is 0.647. The van der Waals surface area contributed by atoms with E-state index in [1.807, 2.05) is 0 Å². The molecule has 0 saturated carbocycles. The molecule has 1 aromatic carbocycles. The van der Waals surface area contributed by atoms with E-state index in [0.29, 0.717) is 24.7 Å². The number of hydrogen-bond donors (Lipinski definition) is 1. The van der Waals surface area contributed by atoms with Gasteiger partial charge in [-0.1, -0.05) is 24.3 Å². The third-order valence-corrected chi connectivity index (χ3v) is 4.05. The topological polar surface area (TPSA) is 71.5 Å². The minimum Gasteiger partial charge on any atom is -0.481 e. The summed E-state index contributed by atoms with van der Waals surface area (Å²) in [5, 5.41) is 2.69. The van der Waals surface area contributed by atoms with Crippen LogP contribution in [0.3, 0.4) is 0 Å². The summed E-state index contributed by atoms with van der Waals surface area (Å²) in [5.41, 5.74) is 0.717. The van der Waals surface area contributed by atoms with E-state index in [-0.39, 0.29) is 23.8 Å². The number of piperazine rings is 1. The van der Waals surface area contributed by atoms with Crippen LogP contribution >= 0.6 is 0 Å². The van der Waals surface area contributed by atoms with E-state index < -0.39 is 11.9 Å². The number of hydrogen-bond acceptors (Lipinski definition) is 4. The summed E-state index contributed by atoms with van der Waals surface area (Å²) in [7, 11) is 1.50.